The monoisotopic (exact) mass is 291 g/mol. The molecule has 0 unspecified atom stereocenters. The highest BCUT2D eigenvalue weighted by Gasteiger charge is 2.29. The molecule has 1 aliphatic rings. The van der Waals surface area contributed by atoms with Gasteiger partial charge in [-0.15, -0.1) is 0 Å². The molecule has 0 spiro atoms. The largest absolute Gasteiger partial charge is 0.497 e. The first-order valence-electron chi connectivity index (χ1n) is 6.95. The van der Waals surface area contributed by atoms with Crippen LogP contribution in [0.25, 0.3) is 10.9 Å². The Morgan fingerprint density at radius 2 is 2.09 bits per heavy atom. The number of carbonyl (C=O) groups is 1. The number of hydrogen-bond acceptors (Lipinski definition) is 4. The first-order chi connectivity index (χ1) is 10.8. The summed E-state index contributed by atoms with van der Waals surface area (Å²) < 4.78 is 5.20. The van der Waals surface area contributed by atoms with E-state index in [2.05, 4.69) is 9.97 Å². The minimum Gasteiger partial charge on any atom is -0.497 e. The molecule has 108 valence electrons. The number of aromatic nitrogens is 2. The first kappa shape index (κ1) is 12.8. The number of carbonyl (C=O) groups excluding carboxylic acids is 1. The lowest BCUT2D eigenvalue weighted by Gasteiger charge is -2.16. The van der Waals surface area contributed by atoms with Gasteiger partial charge in [-0.1, -0.05) is 6.07 Å². The lowest BCUT2D eigenvalue weighted by Crippen LogP contribution is -2.22. The third-order valence-electron chi connectivity index (χ3n) is 3.92. The molecule has 0 aliphatic carbocycles. The average molecular weight is 291 g/mol. The molecule has 0 radical (unpaired) electrons. The lowest BCUT2D eigenvalue weighted by atomic mass is 10.1. The number of methoxy groups -OCH3 is 1. The Morgan fingerprint density at radius 1 is 1.18 bits per heavy atom. The predicted octanol–water partition coefficient (Wildman–Crippen LogP) is 2.80. The smallest absolute Gasteiger partial charge is 0.259 e. The fourth-order valence-corrected chi connectivity index (χ4v) is 2.76. The van der Waals surface area contributed by atoms with Crippen LogP contribution in [0.3, 0.4) is 0 Å². The lowest BCUT2D eigenvalue weighted by molar-refractivity contribution is 0.0996. The van der Waals surface area contributed by atoms with Gasteiger partial charge in [0, 0.05) is 22.8 Å². The minimum atomic E-state index is -0.00917. The maximum absolute atomic E-state index is 12.6. The second kappa shape index (κ2) is 4.80. The molecule has 22 heavy (non-hydrogen) atoms. The maximum Gasteiger partial charge on any atom is 0.259 e. The molecule has 2 aromatic carbocycles. The summed E-state index contributed by atoms with van der Waals surface area (Å²) in [6, 6.07) is 11.4. The van der Waals surface area contributed by atoms with Crippen molar-refractivity contribution in [2.24, 2.45) is 0 Å². The number of ether oxygens (including phenoxy) is 1. The number of nitrogens with zero attached hydrogens (tertiary/aromatic N) is 3. The highest BCUT2D eigenvalue weighted by Crippen LogP contribution is 2.31. The summed E-state index contributed by atoms with van der Waals surface area (Å²) in [5, 5.41) is 0.918. The summed E-state index contributed by atoms with van der Waals surface area (Å²) in [4.78, 5) is 22.6. The van der Waals surface area contributed by atoms with E-state index in [1.165, 1.54) is 6.33 Å². The van der Waals surface area contributed by atoms with Gasteiger partial charge in [0.1, 0.15) is 12.1 Å². The van der Waals surface area contributed by atoms with Crippen molar-refractivity contribution in [3.63, 3.8) is 0 Å². The van der Waals surface area contributed by atoms with E-state index < -0.39 is 0 Å². The molecule has 1 amide bonds. The SMILES string of the molecule is COc1ccc2c(c1)C(=O)N(c1ccc3ncncc3c1)C2. The molecule has 0 N–H and O–H groups in total. The zero-order valence-electron chi connectivity index (χ0n) is 12.0. The molecule has 2 heterocycles. The van der Waals surface area contributed by atoms with E-state index in [0.717, 1.165) is 22.2 Å². The Kier molecular flexibility index (Phi) is 2.79. The highest BCUT2D eigenvalue weighted by atomic mass is 16.5. The van der Waals surface area contributed by atoms with Crippen molar-refractivity contribution in [2.45, 2.75) is 6.54 Å². The normalized spacial score (nSPS) is 13.5. The van der Waals surface area contributed by atoms with Gasteiger partial charge in [-0.05, 0) is 35.9 Å². The van der Waals surface area contributed by atoms with Crippen LogP contribution in [0.1, 0.15) is 15.9 Å². The molecule has 3 aromatic rings. The van der Waals surface area contributed by atoms with Crippen molar-refractivity contribution in [2.75, 3.05) is 12.0 Å². The summed E-state index contributed by atoms with van der Waals surface area (Å²) >= 11 is 0. The summed E-state index contributed by atoms with van der Waals surface area (Å²) in [5.41, 5.74) is 3.42. The van der Waals surface area contributed by atoms with Crippen LogP contribution >= 0.6 is 0 Å². The molecule has 4 rings (SSSR count). The van der Waals surface area contributed by atoms with Crippen molar-refractivity contribution in [1.82, 2.24) is 9.97 Å². The van der Waals surface area contributed by atoms with Crippen LogP contribution in [-0.2, 0) is 6.54 Å². The third kappa shape index (κ3) is 1.90. The molecule has 1 aromatic heterocycles. The summed E-state index contributed by atoms with van der Waals surface area (Å²) in [7, 11) is 1.60. The second-order valence-electron chi connectivity index (χ2n) is 5.18. The van der Waals surface area contributed by atoms with Crippen LogP contribution in [0.2, 0.25) is 0 Å². The van der Waals surface area contributed by atoms with Gasteiger partial charge in [0.25, 0.3) is 5.91 Å². The van der Waals surface area contributed by atoms with Crippen molar-refractivity contribution in [1.29, 1.82) is 0 Å². The fraction of sp³-hybridized carbons (Fsp3) is 0.118. The van der Waals surface area contributed by atoms with E-state index in [-0.39, 0.29) is 5.91 Å². The van der Waals surface area contributed by atoms with Crippen molar-refractivity contribution in [3.8, 4) is 5.75 Å². The Labute approximate surface area is 127 Å². The molecule has 5 heteroatoms. The first-order valence-corrected chi connectivity index (χ1v) is 6.95. The molecule has 0 saturated carbocycles. The third-order valence-corrected chi connectivity index (χ3v) is 3.92. The zero-order valence-corrected chi connectivity index (χ0v) is 12.0. The molecule has 0 bridgehead atoms. The van der Waals surface area contributed by atoms with Crippen molar-refractivity contribution in [3.05, 3.63) is 60.0 Å². The van der Waals surface area contributed by atoms with Gasteiger partial charge < -0.3 is 9.64 Å². The van der Waals surface area contributed by atoms with E-state index in [1.807, 2.05) is 30.3 Å². The second-order valence-corrected chi connectivity index (χ2v) is 5.18. The average Bonchev–Trinajstić information content (AvgIpc) is 2.90. The van der Waals surface area contributed by atoms with E-state index in [9.17, 15) is 4.79 Å². The molecular weight excluding hydrogens is 278 g/mol. The fourth-order valence-electron chi connectivity index (χ4n) is 2.76. The Hall–Kier alpha value is -2.95. The molecule has 0 saturated heterocycles. The standard InChI is InChI=1S/C17H13N3O2/c1-22-14-4-2-11-9-20(17(21)15(11)7-14)13-3-5-16-12(6-13)8-18-10-19-16/h2-8,10H,9H2,1H3. The van der Waals surface area contributed by atoms with Crippen LogP contribution in [0, 0.1) is 0 Å². The summed E-state index contributed by atoms with van der Waals surface area (Å²) in [5.74, 6) is 0.686. The van der Waals surface area contributed by atoms with Gasteiger partial charge in [-0.2, -0.15) is 0 Å². The topological polar surface area (TPSA) is 55.3 Å². The molecule has 1 aliphatic heterocycles. The van der Waals surface area contributed by atoms with Crippen LogP contribution in [-0.4, -0.2) is 23.0 Å². The molecule has 0 fully saturated rings. The van der Waals surface area contributed by atoms with Crippen molar-refractivity contribution >= 4 is 22.5 Å². The van der Waals surface area contributed by atoms with Gasteiger partial charge in [-0.25, -0.2) is 9.97 Å². The van der Waals surface area contributed by atoms with Gasteiger partial charge in [-0.3, -0.25) is 4.79 Å². The quantitative estimate of drug-likeness (QED) is 0.728. The zero-order chi connectivity index (χ0) is 15.1. The van der Waals surface area contributed by atoms with E-state index in [1.54, 1.807) is 24.3 Å². The van der Waals surface area contributed by atoms with Crippen LogP contribution in [0.4, 0.5) is 5.69 Å². The summed E-state index contributed by atoms with van der Waals surface area (Å²) in [6.07, 6.45) is 3.27. The highest BCUT2D eigenvalue weighted by molar-refractivity contribution is 6.10. The number of fused-ring (bicyclic) bond motifs is 2. The minimum absolute atomic E-state index is 0.00917. The number of amides is 1. The summed E-state index contributed by atoms with van der Waals surface area (Å²) in [6.45, 7) is 0.567. The Balaban J connectivity index is 1.75. The van der Waals surface area contributed by atoms with E-state index in [4.69, 9.17) is 4.74 Å². The van der Waals surface area contributed by atoms with Crippen LogP contribution < -0.4 is 9.64 Å². The van der Waals surface area contributed by atoms with Crippen LogP contribution in [0.5, 0.6) is 5.75 Å². The number of benzene rings is 2. The van der Waals surface area contributed by atoms with E-state index in [0.29, 0.717) is 17.9 Å². The number of rotatable bonds is 2. The molecular formula is C17H13N3O2. The van der Waals surface area contributed by atoms with Gasteiger partial charge in [0.05, 0.1) is 19.2 Å². The van der Waals surface area contributed by atoms with Gasteiger partial charge in [0.15, 0.2) is 0 Å². The van der Waals surface area contributed by atoms with Crippen LogP contribution in [0.15, 0.2) is 48.9 Å². The molecule has 0 atom stereocenters. The van der Waals surface area contributed by atoms with E-state index >= 15 is 0 Å². The Bertz CT molecular complexity index is 892. The Morgan fingerprint density at radius 3 is 2.95 bits per heavy atom. The number of hydrogen-bond donors (Lipinski definition) is 0. The van der Waals surface area contributed by atoms with Gasteiger partial charge >= 0.3 is 0 Å². The molecule has 5 nitrogen and oxygen atoms in total. The van der Waals surface area contributed by atoms with Crippen molar-refractivity contribution < 1.29 is 9.53 Å². The number of anilines is 1. The maximum atomic E-state index is 12.6. The predicted molar refractivity (Wildman–Crippen MR) is 83.0 cm³/mol. The van der Waals surface area contributed by atoms with Gasteiger partial charge in [0.2, 0.25) is 0 Å².